The molecule has 0 spiro atoms. The van der Waals surface area contributed by atoms with Crippen molar-refractivity contribution in [2.75, 3.05) is 5.32 Å². The van der Waals surface area contributed by atoms with Gasteiger partial charge in [-0.05, 0) is 37.0 Å². The summed E-state index contributed by atoms with van der Waals surface area (Å²) < 4.78 is 5.04. The average molecular weight is 333 g/mol. The fourth-order valence-corrected chi connectivity index (χ4v) is 3.80. The van der Waals surface area contributed by atoms with Crippen LogP contribution in [0.5, 0.6) is 0 Å². The zero-order valence-electron chi connectivity index (χ0n) is 12.0. The summed E-state index contributed by atoms with van der Waals surface area (Å²) >= 11 is 1.19. The van der Waals surface area contributed by atoms with Crippen molar-refractivity contribution in [1.29, 1.82) is 0 Å². The minimum absolute atomic E-state index is 0.00492. The Kier molecular flexibility index (Phi) is 4.16. The molecule has 0 bridgehead atoms. The van der Waals surface area contributed by atoms with Crippen LogP contribution in [0.3, 0.4) is 0 Å². The van der Waals surface area contributed by atoms with Gasteiger partial charge in [-0.25, -0.2) is 0 Å². The summed E-state index contributed by atoms with van der Waals surface area (Å²) in [7, 11) is 0. The second kappa shape index (κ2) is 6.25. The Labute approximate surface area is 135 Å². The zero-order valence-corrected chi connectivity index (χ0v) is 12.8. The number of hydrogen-bond acceptors (Lipinski definition) is 6. The van der Waals surface area contributed by atoms with Gasteiger partial charge in [0.2, 0.25) is 0 Å². The van der Waals surface area contributed by atoms with Gasteiger partial charge in [-0.15, -0.1) is 11.3 Å². The van der Waals surface area contributed by atoms with Crippen molar-refractivity contribution in [2.45, 2.75) is 25.8 Å². The molecule has 0 aromatic carbocycles. The molecule has 2 aromatic rings. The molecule has 0 unspecified atom stereocenters. The molecule has 1 aliphatic rings. The summed E-state index contributed by atoms with van der Waals surface area (Å²) in [6.07, 6.45) is 3.77. The molecule has 2 N–H and O–H groups in total. The van der Waals surface area contributed by atoms with E-state index in [2.05, 4.69) is 10.6 Å². The number of aryl methyl sites for hydroxylation is 1. The van der Waals surface area contributed by atoms with Crippen molar-refractivity contribution in [3.05, 3.63) is 40.2 Å². The number of amides is 2. The second-order valence-electron chi connectivity index (χ2n) is 5.07. The van der Waals surface area contributed by atoms with Crippen molar-refractivity contribution in [2.24, 2.45) is 0 Å². The second-order valence-corrected chi connectivity index (χ2v) is 6.17. The van der Waals surface area contributed by atoms with Gasteiger partial charge in [-0.3, -0.25) is 9.59 Å². The SMILES string of the molecule is O=C(NCc1ccco1)C(=O)Nc1sc2c(c1C(=O)[O-])CCC2. The molecule has 0 radical (unpaired) electrons. The van der Waals surface area contributed by atoms with Crippen LogP contribution in [-0.4, -0.2) is 17.8 Å². The number of carboxylic acids is 1. The Bertz CT molecular complexity index is 763. The maximum absolute atomic E-state index is 11.9. The van der Waals surface area contributed by atoms with Crippen molar-refractivity contribution < 1.29 is 23.9 Å². The molecule has 0 aliphatic heterocycles. The number of aromatic carboxylic acids is 1. The van der Waals surface area contributed by atoms with Crippen molar-refractivity contribution in [3.8, 4) is 0 Å². The molecule has 0 atom stereocenters. The summed E-state index contributed by atoms with van der Waals surface area (Å²) in [5.41, 5.74) is 0.705. The van der Waals surface area contributed by atoms with E-state index in [4.69, 9.17) is 4.42 Å². The molecule has 8 heteroatoms. The number of carbonyl (C=O) groups excluding carboxylic acids is 3. The molecule has 2 amide bonds. The molecule has 2 heterocycles. The quantitative estimate of drug-likeness (QED) is 0.789. The van der Waals surface area contributed by atoms with Crippen LogP contribution >= 0.6 is 11.3 Å². The number of furan rings is 1. The van der Waals surface area contributed by atoms with E-state index in [-0.39, 0.29) is 17.1 Å². The Morgan fingerprint density at radius 1 is 1.26 bits per heavy atom. The van der Waals surface area contributed by atoms with Crippen LogP contribution < -0.4 is 15.7 Å². The number of nitrogens with one attached hydrogen (secondary N) is 2. The summed E-state index contributed by atoms with van der Waals surface area (Å²) in [5, 5.41) is 16.2. The molecule has 120 valence electrons. The highest BCUT2D eigenvalue weighted by atomic mass is 32.1. The maximum atomic E-state index is 11.9. The van der Waals surface area contributed by atoms with Gasteiger partial charge in [-0.1, -0.05) is 0 Å². The van der Waals surface area contributed by atoms with Gasteiger partial charge in [-0.2, -0.15) is 0 Å². The number of hydrogen-bond donors (Lipinski definition) is 2. The van der Waals surface area contributed by atoms with E-state index in [0.29, 0.717) is 17.7 Å². The first-order chi connectivity index (χ1) is 11.1. The lowest BCUT2D eigenvalue weighted by atomic mass is 10.1. The first-order valence-electron chi connectivity index (χ1n) is 7.03. The van der Waals surface area contributed by atoms with Crippen LogP contribution in [0.15, 0.2) is 22.8 Å². The Morgan fingerprint density at radius 2 is 2.09 bits per heavy atom. The largest absolute Gasteiger partial charge is 0.545 e. The van der Waals surface area contributed by atoms with Crippen LogP contribution in [-0.2, 0) is 29.0 Å². The molecule has 0 saturated heterocycles. The number of anilines is 1. The lowest BCUT2D eigenvalue weighted by Crippen LogP contribution is -2.35. The van der Waals surface area contributed by atoms with Gasteiger partial charge in [0.05, 0.1) is 18.8 Å². The maximum Gasteiger partial charge on any atom is 0.314 e. The Hall–Kier alpha value is -2.61. The van der Waals surface area contributed by atoms with Gasteiger partial charge < -0.3 is 25.0 Å². The number of carboxylic acid groups (broad SMARTS) is 1. The Morgan fingerprint density at radius 3 is 2.78 bits per heavy atom. The highest BCUT2D eigenvalue weighted by molar-refractivity contribution is 7.17. The fraction of sp³-hybridized carbons (Fsp3) is 0.267. The number of thiophene rings is 1. The van der Waals surface area contributed by atoms with Gasteiger partial charge in [0, 0.05) is 10.4 Å². The average Bonchev–Trinajstić information content (AvgIpc) is 3.20. The van der Waals surface area contributed by atoms with Crippen LogP contribution in [0.1, 0.15) is 33.0 Å². The standard InChI is InChI=1S/C15H14N2O5S/c18-12(16-7-8-3-2-6-22-8)13(19)17-14-11(15(20)21)9-4-1-5-10(9)23-14/h2-3,6H,1,4-5,7H2,(H,16,18)(H,17,19)(H,20,21)/p-1. The van der Waals surface area contributed by atoms with Gasteiger partial charge in [0.15, 0.2) is 0 Å². The van der Waals surface area contributed by atoms with Crippen molar-refractivity contribution in [3.63, 3.8) is 0 Å². The lowest BCUT2D eigenvalue weighted by molar-refractivity contribution is -0.254. The van der Waals surface area contributed by atoms with E-state index in [1.165, 1.54) is 17.6 Å². The lowest BCUT2D eigenvalue weighted by Gasteiger charge is -2.09. The normalized spacial score (nSPS) is 12.7. The molecule has 2 aromatic heterocycles. The van der Waals surface area contributed by atoms with Gasteiger partial charge >= 0.3 is 11.8 Å². The summed E-state index contributed by atoms with van der Waals surface area (Å²) in [6.45, 7) is 0.0769. The van der Waals surface area contributed by atoms with E-state index in [9.17, 15) is 19.5 Å². The minimum Gasteiger partial charge on any atom is -0.545 e. The number of fused-ring (bicyclic) bond motifs is 1. The highest BCUT2D eigenvalue weighted by Gasteiger charge is 2.25. The summed E-state index contributed by atoms with van der Waals surface area (Å²) in [5.74, 6) is -2.61. The minimum atomic E-state index is -1.34. The highest BCUT2D eigenvalue weighted by Crippen LogP contribution is 2.38. The van der Waals surface area contributed by atoms with Crippen molar-refractivity contribution >= 4 is 34.1 Å². The monoisotopic (exact) mass is 333 g/mol. The first kappa shape index (κ1) is 15.3. The number of carbonyl (C=O) groups is 3. The third-order valence-electron chi connectivity index (χ3n) is 3.56. The molecule has 0 fully saturated rings. The molecular formula is C15H13N2O5S-. The molecular weight excluding hydrogens is 320 g/mol. The van der Waals surface area contributed by atoms with E-state index < -0.39 is 17.8 Å². The van der Waals surface area contributed by atoms with Gasteiger partial charge in [0.1, 0.15) is 10.8 Å². The van der Waals surface area contributed by atoms with E-state index in [0.717, 1.165) is 17.7 Å². The predicted octanol–water partition coefficient (Wildman–Crippen LogP) is 0.448. The fourth-order valence-electron chi connectivity index (χ4n) is 2.53. The van der Waals surface area contributed by atoms with Crippen molar-refractivity contribution in [1.82, 2.24) is 5.32 Å². The molecule has 7 nitrogen and oxygen atoms in total. The summed E-state index contributed by atoms with van der Waals surface area (Å²) in [6, 6.07) is 3.33. The van der Waals surface area contributed by atoms with Crippen LogP contribution in [0.25, 0.3) is 0 Å². The Balaban J connectivity index is 1.68. The topological polar surface area (TPSA) is 111 Å². The van der Waals surface area contributed by atoms with Crippen LogP contribution in [0.2, 0.25) is 0 Å². The van der Waals surface area contributed by atoms with Crippen LogP contribution in [0.4, 0.5) is 5.00 Å². The third kappa shape index (κ3) is 3.11. The molecule has 23 heavy (non-hydrogen) atoms. The van der Waals surface area contributed by atoms with Crippen LogP contribution in [0, 0.1) is 0 Å². The molecule has 0 saturated carbocycles. The molecule has 3 rings (SSSR count). The number of rotatable bonds is 4. The smallest absolute Gasteiger partial charge is 0.314 e. The molecule has 1 aliphatic carbocycles. The first-order valence-corrected chi connectivity index (χ1v) is 7.85. The predicted molar refractivity (Wildman–Crippen MR) is 79.9 cm³/mol. The summed E-state index contributed by atoms with van der Waals surface area (Å²) in [4.78, 5) is 35.9. The van der Waals surface area contributed by atoms with E-state index in [1.807, 2.05) is 0 Å². The van der Waals surface area contributed by atoms with E-state index >= 15 is 0 Å². The third-order valence-corrected chi connectivity index (χ3v) is 4.77. The van der Waals surface area contributed by atoms with E-state index in [1.54, 1.807) is 12.1 Å². The van der Waals surface area contributed by atoms with Gasteiger partial charge in [0.25, 0.3) is 0 Å². The zero-order chi connectivity index (χ0) is 16.4.